The van der Waals surface area contributed by atoms with Crippen LogP contribution in [0.3, 0.4) is 0 Å². The highest BCUT2D eigenvalue weighted by Gasteiger charge is 2.31. The number of ether oxygens (including phenoxy) is 1. The zero-order valence-electron chi connectivity index (χ0n) is 12.8. The second kappa shape index (κ2) is 7.45. The minimum Gasteiger partial charge on any atom is -0.445 e. The van der Waals surface area contributed by atoms with E-state index in [-0.39, 0.29) is 12.1 Å². The molecule has 4 nitrogen and oxygen atoms in total. The molecule has 0 saturated heterocycles. The minimum atomic E-state index is -0.312. The number of carbonyl (C=O) groups is 1. The van der Waals surface area contributed by atoms with Crippen molar-refractivity contribution in [1.29, 1.82) is 0 Å². The fraction of sp³-hybridized carbons (Fsp3) is 0.500. The molecule has 1 amide bonds. The Bertz CT molecular complexity index is 509. The molecular weight excluding hydrogens is 276 g/mol. The van der Waals surface area contributed by atoms with Crippen LogP contribution in [0.4, 0.5) is 4.79 Å². The maximum absolute atomic E-state index is 11.8. The molecule has 1 fully saturated rings. The van der Waals surface area contributed by atoms with Crippen molar-refractivity contribution in [1.82, 2.24) is 10.6 Å². The third kappa shape index (κ3) is 4.34. The zero-order valence-corrected chi connectivity index (χ0v) is 12.8. The summed E-state index contributed by atoms with van der Waals surface area (Å²) in [6, 6.07) is 11.1. The molecule has 0 radical (unpaired) electrons. The summed E-state index contributed by atoms with van der Waals surface area (Å²) < 4.78 is 5.24. The van der Waals surface area contributed by atoms with Crippen molar-refractivity contribution < 1.29 is 9.53 Å². The number of rotatable bonds is 5. The molecule has 3 rings (SSSR count). The third-order valence-corrected chi connectivity index (χ3v) is 4.41. The van der Waals surface area contributed by atoms with Gasteiger partial charge in [-0.25, -0.2) is 4.79 Å². The Balaban J connectivity index is 1.30. The monoisotopic (exact) mass is 300 g/mol. The lowest BCUT2D eigenvalue weighted by Crippen LogP contribution is -2.54. The van der Waals surface area contributed by atoms with Crippen LogP contribution in [-0.2, 0) is 11.3 Å². The molecule has 0 aromatic heterocycles. The van der Waals surface area contributed by atoms with Crippen molar-refractivity contribution in [3.63, 3.8) is 0 Å². The quantitative estimate of drug-likeness (QED) is 0.821. The van der Waals surface area contributed by atoms with E-state index < -0.39 is 0 Å². The van der Waals surface area contributed by atoms with E-state index in [4.69, 9.17) is 4.74 Å². The maximum Gasteiger partial charge on any atom is 0.407 e. The largest absolute Gasteiger partial charge is 0.445 e. The van der Waals surface area contributed by atoms with Crippen LogP contribution in [0.15, 0.2) is 42.5 Å². The van der Waals surface area contributed by atoms with E-state index in [9.17, 15) is 4.79 Å². The van der Waals surface area contributed by atoms with Crippen molar-refractivity contribution in [3.05, 3.63) is 48.0 Å². The highest BCUT2D eigenvalue weighted by atomic mass is 16.5. The Morgan fingerprint density at radius 3 is 2.64 bits per heavy atom. The molecule has 1 saturated carbocycles. The molecular formula is C18H24N2O2. The number of nitrogens with one attached hydrogen (secondary N) is 2. The number of benzene rings is 1. The summed E-state index contributed by atoms with van der Waals surface area (Å²) in [5.41, 5.74) is 1.01. The van der Waals surface area contributed by atoms with E-state index in [1.54, 1.807) is 0 Å². The summed E-state index contributed by atoms with van der Waals surface area (Å²) in [5.74, 6) is 0. The maximum atomic E-state index is 11.8. The summed E-state index contributed by atoms with van der Waals surface area (Å²) in [5, 5.41) is 6.61. The van der Waals surface area contributed by atoms with Crippen molar-refractivity contribution in [2.24, 2.45) is 0 Å². The molecule has 2 aliphatic rings. The lowest BCUT2D eigenvalue weighted by Gasteiger charge is -2.38. The van der Waals surface area contributed by atoms with E-state index in [2.05, 4.69) is 22.8 Å². The van der Waals surface area contributed by atoms with Crippen molar-refractivity contribution in [2.45, 2.75) is 56.8 Å². The highest BCUT2D eigenvalue weighted by molar-refractivity contribution is 5.67. The molecule has 0 spiro atoms. The van der Waals surface area contributed by atoms with Crippen LogP contribution in [-0.4, -0.2) is 24.2 Å². The highest BCUT2D eigenvalue weighted by Crippen LogP contribution is 2.23. The van der Waals surface area contributed by atoms with E-state index in [1.165, 1.54) is 12.8 Å². The summed E-state index contributed by atoms with van der Waals surface area (Å²) in [6.07, 6.45) is 9.74. The first kappa shape index (κ1) is 15.1. The first-order valence-electron chi connectivity index (χ1n) is 8.18. The summed E-state index contributed by atoms with van der Waals surface area (Å²) >= 11 is 0. The molecule has 1 aromatic carbocycles. The lowest BCUT2D eigenvalue weighted by atomic mass is 9.85. The number of alkyl carbamates (subject to hydrolysis) is 1. The first-order chi connectivity index (χ1) is 10.8. The van der Waals surface area contributed by atoms with Crippen molar-refractivity contribution >= 4 is 6.09 Å². The van der Waals surface area contributed by atoms with E-state index >= 15 is 0 Å². The van der Waals surface area contributed by atoms with Crippen LogP contribution in [0.2, 0.25) is 0 Å². The van der Waals surface area contributed by atoms with Crippen LogP contribution in [0.5, 0.6) is 0 Å². The van der Waals surface area contributed by atoms with Gasteiger partial charge in [0.2, 0.25) is 0 Å². The zero-order chi connectivity index (χ0) is 15.2. The molecule has 22 heavy (non-hydrogen) atoms. The second-order valence-electron chi connectivity index (χ2n) is 6.22. The van der Waals surface area contributed by atoms with E-state index in [0.29, 0.717) is 18.7 Å². The number of allylic oxidation sites excluding steroid dienone is 1. The average Bonchev–Trinajstić information content (AvgIpc) is 2.53. The summed E-state index contributed by atoms with van der Waals surface area (Å²) in [4.78, 5) is 11.8. The molecule has 0 aliphatic heterocycles. The third-order valence-electron chi connectivity index (χ3n) is 4.41. The first-order valence-corrected chi connectivity index (χ1v) is 8.18. The molecule has 1 aromatic rings. The van der Waals surface area contributed by atoms with Gasteiger partial charge in [-0.15, -0.1) is 0 Å². The Kier molecular flexibility index (Phi) is 5.11. The fourth-order valence-corrected chi connectivity index (χ4v) is 3.08. The number of hydrogen-bond donors (Lipinski definition) is 2. The second-order valence-corrected chi connectivity index (χ2v) is 6.22. The number of amides is 1. The number of carbonyl (C=O) groups excluding carboxylic acids is 1. The Hall–Kier alpha value is -1.81. The van der Waals surface area contributed by atoms with Gasteiger partial charge >= 0.3 is 6.09 Å². The van der Waals surface area contributed by atoms with Crippen molar-refractivity contribution in [2.75, 3.05) is 0 Å². The van der Waals surface area contributed by atoms with Crippen LogP contribution in [0, 0.1) is 0 Å². The smallest absolute Gasteiger partial charge is 0.407 e. The minimum absolute atomic E-state index is 0.250. The van der Waals surface area contributed by atoms with Crippen LogP contribution < -0.4 is 10.6 Å². The Morgan fingerprint density at radius 2 is 1.91 bits per heavy atom. The van der Waals surface area contributed by atoms with Gasteiger partial charge in [0.1, 0.15) is 6.61 Å². The Morgan fingerprint density at radius 1 is 1.09 bits per heavy atom. The molecule has 4 heteroatoms. The fourth-order valence-electron chi connectivity index (χ4n) is 3.08. The van der Waals surface area contributed by atoms with Gasteiger partial charge in [-0.3, -0.25) is 0 Å². The predicted molar refractivity (Wildman–Crippen MR) is 86.5 cm³/mol. The number of hydrogen-bond acceptors (Lipinski definition) is 3. The van der Waals surface area contributed by atoms with Crippen LogP contribution in [0.25, 0.3) is 0 Å². The van der Waals surface area contributed by atoms with Gasteiger partial charge in [0.25, 0.3) is 0 Å². The molecule has 2 N–H and O–H groups in total. The topological polar surface area (TPSA) is 50.4 Å². The normalized spacial score (nSPS) is 27.0. The molecule has 0 bridgehead atoms. The standard InChI is InChI=1S/C18H24N2O2/c21-18(22-13-14-7-3-1-4-8-14)20-17-11-16(12-17)19-15-9-5-2-6-10-15/h1-5,7-8,15-17,19H,6,9-13H2,(H,20,21). The summed E-state index contributed by atoms with van der Waals surface area (Å²) in [7, 11) is 0. The van der Waals surface area contributed by atoms with Gasteiger partial charge in [0, 0.05) is 18.1 Å². The average molecular weight is 300 g/mol. The summed E-state index contributed by atoms with van der Waals surface area (Å²) in [6.45, 7) is 0.329. The SMILES string of the molecule is O=C(NC1CC(NC2CC=CCC2)C1)OCc1ccccc1. The molecule has 0 heterocycles. The van der Waals surface area contributed by atoms with Crippen LogP contribution >= 0.6 is 0 Å². The van der Waals surface area contributed by atoms with Crippen molar-refractivity contribution in [3.8, 4) is 0 Å². The van der Waals surface area contributed by atoms with E-state index in [0.717, 1.165) is 24.8 Å². The molecule has 118 valence electrons. The predicted octanol–water partition coefficient (Wildman–Crippen LogP) is 3.14. The molecule has 1 atom stereocenters. The van der Waals surface area contributed by atoms with Gasteiger partial charge in [-0.1, -0.05) is 42.5 Å². The van der Waals surface area contributed by atoms with Gasteiger partial charge in [-0.05, 0) is 37.7 Å². The molecule has 1 unspecified atom stereocenters. The van der Waals surface area contributed by atoms with Gasteiger partial charge < -0.3 is 15.4 Å². The van der Waals surface area contributed by atoms with Gasteiger partial charge in [0.05, 0.1) is 0 Å². The van der Waals surface area contributed by atoms with Crippen LogP contribution in [0.1, 0.15) is 37.7 Å². The van der Waals surface area contributed by atoms with Gasteiger partial charge in [-0.2, -0.15) is 0 Å². The van der Waals surface area contributed by atoms with E-state index in [1.807, 2.05) is 30.3 Å². The Labute approximate surface area is 131 Å². The lowest BCUT2D eigenvalue weighted by molar-refractivity contribution is 0.124. The van der Waals surface area contributed by atoms with Gasteiger partial charge in [0.15, 0.2) is 0 Å². The molecule has 2 aliphatic carbocycles.